The van der Waals surface area contributed by atoms with Gasteiger partial charge in [-0.25, -0.2) is 0 Å². The van der Waals surface area contributed by atoms with Crippen molar-refractivity contribution in [3.63, 3.8) is 0 Å². The Labute approximate surface area is 119 Å². The number of benzene rings is 1. The molecule has 1 aliphatic rings. The molecule has 2 rings (SSSR count). The van der Waals surface area contributed by atoms with Gasteiger partial charge in [-0.1, -0.05) is 50.8 Å². The van der Waals surface area contributed by atoms with E-state index in [4.69, 9.17) is 4.74 Å². The van der Waals surface area contributed by atoms with Gasteiger partial charge in [-0.15, -0.1) is 0 Å². The molecule has 1 aliphatic carbocycles. The second-order valence-electron chi connectivity index (χ2n) is 5.14. The Morgan fingerprint density at radius 3 is 2.00 bits per heavy atom. The molecule has 0 heterocycles. The third kappa shape index (κ3) is 1.50. The van der Waals surface area contributed by atoms with Crippen LogP contribution in [0.1, 0.15) is 47.4 Å². The largest absolute Gasteiger partial charge is 0.365 e. The van der Waals surface area contributed by atoms with Crippen LogP contribution in [0.2, 0.25) is 0 Å². The number of rotatable bonds is 4. The van der Waals surface area contributed by atoms with E-state index < -0.39 is 11.0 Å². The SMILES string of the molecule is C=CC1(OC)C(=O)c2ccccc2C(=O)C1(CC)CC. The maximum absolute atomic E-state index is 13.0. The Hall–Kier alpha value is -1.74. The van der Waals surface area contributed by atoms with E-state index in [1.807, 2.05) is 13.8 Å². The van der Waals surface area contributed by atoms with Gasteiger partial charge in [0.1, 0.15) is 0 Å². The number of fused-ring (bicyclic) bond motifs is 1. The molecule has 0 amide bonds. The molecule has 0 spiro atoms. The van der Waals surface area contributed by atoms with Crippen molar-refractivity contribution in [3.05, 3.63) is 48.0 Å². The second kappa shape index (κ2) is 4.98. The van der Waals surface area contributed by atoms with Crippen molar-refractivity contribution >= 4 is 11.6 Å². The maximum Gasteiger partial charge on any atom is 0.200 e. The first-order chi connectivity index (χ1) is 9.54. The van der Waals surface area contributed by atoms with Crippen LogP contribution in [0.25, 0.3) is 0 Å². The topological polar surface area (TPSA) is 43.4 Å². The zero-order chi connectivity index (χ0) is 15.0. The molecule has 1 unspecified atom stereocenters. The molecule has 3 nitrogen and oxygen atoms in total. The minimum Gasteiger partial charge on any atom is -0.365 e. The summed E-state index contributed by atoms with van der Waals surface area (Å²) in [6.45, 7) is 7.61. The first-order valence-corrected chi connectivity index (χ1v) is 6.92. The average Bonchev–Trinajstić information content (AvgIpc) is 2.51. The summed E-state index contributed by atoms with van der Waals surface area (Å²) in [7, 11) is 1.47. The summed E-state index contributed by atoms with van der Waals surface area (Å²) in [6.07, 6.45) is 2.56. The van der Waals surface area contributed by atoms with Crippen molar-refractivity contribution in [2.75, 3.05) is 7.11 Å². The standard InChI is InChI=1S/C17H20O3/c1-5-16(6-2)14(18)12-10-8-9-11-13(12)15(19)17(16,7-3)20-4/h7-11H,3,5-6H2,1-2,4H3. The van der Waals surface area contributed by atoms with Crippen LogP contribution in [0.5, 0.6) is 0 Å². The fourth-order valence-electron chi connectivity index (χ4n) is 3.48. The highest BCUT2D eigenvalue weighted by atomic mass is 16.5. The Kier molecular flexibility index (Phi) is 3.65. The first-order valence-electron chi connectivity index (χ1n) is 6.92. The lowest BCUT2D eigenvalue weighted by Crippen LogP contribution is -2.61. The van der Waals surface area contributed by atoms with E-state index in [0.29, 0.717) is 24.0 Å². The van der Waals surface area contributed by atoms with Crippen LogP contribution >= 0.6 is 0 Å². The summed E-state index contributed by atoms with van der Waals surface area (Å²) < 4.78 is 5.58. The maximum atomic E-state index is 13.0. The Morgan fingerprint density at radius 2 is 1.60 bits per heavy atom. The minimum atomic E-state index is -1.28. The summed E-state index contributed by atoms with van der Waals surface area (Å²) in [5.41, 5.74) is -1.23. The number of methoxy groups -OCH3 is 1. The van der Waals surface area contributed by atoms with Gasteiger partial charge in [0, 0.05) is 18.2 Å². The first kappa shape index (κ1) is 14.7. The molecule has 0 saturated heterocycles. The van der Waals surface area contributed by atoms with Crippen LogP contribution < -0.4 is 0 Å². The van der Waals surface area contributed by atoms with Crippen LogP contribution in [0, 0.1) is 5.41 Å². The van der Waals surface area contributed by atoms with Gasteiger partial charge in [0.2, 0.25) is 0 Å². The third-order valence-corrected chi connectivity index (χ3v) is 4.72. The number of hydrogen-bond donors (Lipinski definition) is 0. The number of carbonyl (C=O) groups is 2. The minimum absolute atomic E-state index is 0.0283. The van der Waals surface area contributed by atoms with Crippen LogP contribution in [-0.4, -0.2) is 24.3 Å². The van der Waals surface area contributed by atoms with Gasteiger partial charge in [-0.3, -0.25) is 9.59 Å². The number of ketones is 2. The lowest BCUT2D eigenvalue weighted by atomic mass is 9.57. The molecule has 1 atom stereocenters. The van der Waals surface area contributed by atoms with Gasteiger partial charge in [0.05, 0.1) is 5.41 Å². The lowest BCUT2D eigenvalue weighted by molar-refractivity contribution is -0.0460. The van der Waals surface area contributed by atoms with Gasteiger partial charge in [0.25, 0.3) is 0 Å². The fourth-order valence-corrected chi connectivity index (χ4v) is 3.48. The summed E-state index contributed by atoms with van der Waals surface area (Å²) >= 11 is 0. The molecule has 1 aromatic carbocycles. The number of ether oxygens (including phenoxy) is 1. The highest BCUT2D eigenvalue weighted by molar-refractivity contribution is 6.21. The van der Waals surface area contributed by atoms with Crippen LogP contribution in [-0.2, 0) is 4.74 Å². The number of Topliss-reactive ketones (excluding diaryl/α,β-unsaturated/α-hetero) is 2. The van der Waals surface area contributed by atoms with Crippen molar-refractivity contribution in [2.45, 2.75) is 32.3 Å². The summed E-state index contributed by atoms with van der Waals surface area (Å²) in [5.74, 6) is -0.201. The molecule has 0 aliphatic heterocycles. The van der Waals surface area contributed by atoms with Crippen molar-refractivity contribution in [1.82, 2.24) is 0 Å². The molecule has 1 aromatic rings. The van der Waals surface area contributed by atoms with Gasteiger partial charge >= 0.3 is 0 Å². The molecular weight excluding hydrogens is 252 g/mol. The van der Waals surface area contributed by atoms with Gasteiger partial charge in [0.15, 0.2) is 17.2 Å². The van der Waals surface area contributed by atoms with Gasteiger partial charge in [-0.05, 0) is 12.8 Å². The van der Waals surface area contributed by atoms with Gasteiger partial charge < -0.3 is 4.74 Å². The third-order valence-electron chi connectivity index (χ3n) is 4.72. The highest BCUT2D eigenvalue weighted by Crippen LogP contribution is 2.49. The Balaban J connectivity index is 2.84. The summed E-state index contributed by atoms with van der Waals surface area (Å²) in [6, 6.07) is 6.95. The van der Waals surface area contributed by atoms with E-state index >= 15 is 0 Å². The van der Waals surface area contributed by atoms with E-state index in [1.54, 1.807) is 24.3 Å². The predicted octanol–water partition coefficient (Wildman–Crippen LogP) is 3.44. The second-order valence-corrected chi connectivity index (χ2v) is 5.14. The van der Waals surface area contributed by atoms with Crippen molar-refractivity contribution in [3.8, 4) is 0 Å². The predicted molar refractivity (Wildman–Crippen MR) is 78.1 cm³/mol. The highest BCUT2D eigenvalue weighted by Gasteiger charge is 2.61. The Bertz CT molecular complexity index is 569. The van der Waals surface area contributed by atoms with E-state index in [-0.39, 0.29) is 11.6 Å². The zero-order valence-corrected chi connectivity index (χ0v) is 12.2. The monoisotopic (exact) mass is 272 g/mol. The fraction of sp³-hybridized carbons (Fsp3) is 0.412. The molecule has 0 saturated carbocycles. The average molecular weight is 272 g/mol. The Morgan fingerprint density at radius 1 is 1.10 bits per heavy atom. The summed E-state index contributed by atoms with van der Waals surface area (Å²) in [5, 5.41) is 0. The van der Waals surface area contributed by atoms with Gasteiger partial charge in [-0.2, -0.15) is 0 Å². The molecule has 0 radical (unpaired) electrons. The molecule has 0 bridgehead atoms. The molecule has 0 fully saturated rings. The molecular formula is C17H20O3. The molecule has 0 N–H and O–H groups in total. The molecule has 3 heteroatoms. The van der Waals surface area contributed by atoms with Crippen molar-refractivity contribution < 1.29 is 14.3 Å². The van der Waals surface area contributed by atoms with Crippen molar-refractivity contribution in [2.24, 2.45) is 5.41 Å². The van der Waals surface area contributed by atoms with Crippen LogP contribution in [0.15, 0.2) is 36.9 Å². The number of hydrogen-bond acceptors (Lipinski definition) is 3. The molecule has 20 heavy (non-hydrogen) atoms. The number of carbonyl (C=O) groups excluding carboxylic acids is 2. The van der Waals surface area contributed by atoms with E-state index in [0.717, 1.165) is 0 Å². The molecule has 0 aromatic heterocycles. The normalized spacial score (nSPS) is 24.4. The van der Waals surface area contributed by atoms with Crippen LogP contribution in [0.3, 0.4) is 0 Å². The van der Waals surface area contributed by atoms with E-state index in [2.05, 4.69) is 6.58 Å². The molecule has 106 valence electrons. The van der Waals surface area contributed by atoms with Crippen LogP contribution in [0.4, 0.5) is 0 Å². The van der Waals surface area contributed by atoms with E-state index in [1.165, 1.54) is 13.2 Å². The smallest absolute Gasteiger partial charge is 0.200 e. The van der Waals surface area contributed by atoms with E-state index in [9.17, 15) is 9.59 Å². The quantitative estimate of drug-likeness (QED) is 0.788. The van der Waals surface area contributed by atoms with Crippen molar-refractivity contribution in [1.29, 1.82) is 0 Å². The summed E-state index contributed by atoms with van der Waals surface area (Å²) in [4.78, 5) is 25.9. The lowest BCUT2D eigenvalue weighted by Gasteiger charge is -2.48. The zero-order valence-electron chi connectivity index (χ0n) is 12.2.